The van der Waals surface area contributed by atoms with E-state index in [0.29, 0.717) is 5.92 Å². The Kier molecular flexibility index (Phi) is 5.69. The zero-order chi connectivity index (χ0) is 19.7. The van der Waals surface area contributed by atoms with Crippen LogP contribution in [0.1, 0.15) is 70.4 Å². The summed E-state index contributed by atoms with van der Waals surface area (Å²) in [6.07, 6.45) is 8.05. The maximum Gasteiger partial charge on any atom is 0.258 e. The summed E-state index contributed by atoms with van der Waals surface area (Å²) in [5.41, 5.74) is 4.77. The van der Waals surface area contributed by atoms with E-state index >= 15 is 0 Å². The molecule has 0 aliphatic heterocycles. The van der Waals surface area contributed by atoms with Crippen molar-refractivity contribution in [3.8, 4) is 11.3 Å². The van der Waals surface area contributed by atoms with Crippen molar-refractivity contribution in [3.05, 3.63) is 45.7 Å². The van der Waals surface area contributed by atoms with E-state index in [4.69, 9.17) is 4.98 Å². The molecule has 1 spiro atoms. The van der Waals surface area contributed by atoms with E-state index in [-0.39, 0.29) is 11.0 Å². The molecule has 3 nitrogen and oxygen atoms in total. The van der Waals surface area contributed by atoms with Gasteiger partial charge in [-0.25, -0.2) is 4.98 Å². The van der Waals surface area contributed by atoms with Crippen molar-refractivity contribution in [1.29, 1.82) is 0 Å². The van der Waals surface area contributed by atoms with Crippen LogP contribution in [0.5, 0.6) is 0 Å². The average Bonchev–Trinajstić information content (AvgIpc) is 2.69. The molecule has 0 bridgehead atoms. The van der Waals surface area contributed by atoms with Gasteiger partial charge in [-0.15, -0.1) is 0 Å². The van der Waals surface area contributed by atoms with Gasteiger partial charge >= 0.3 is 0 Å². The van der Waals surface area contributed by atoms with Crippen LogP contribution in [0.2, 0.25) is 0 Å². The van der Waals surface area contributed by atoms with Crippen LogP contribution in [0.4, 0.5) is 0 Å². The van der Waals surface area contributed by atoms with Gasteiger partial charge in [0, 0.05) is 23.3 Å². The number of aromatic nitrogens is 2. The smallest absolute Gasteiger partial charge is 0.258 e. The first-order valence-electron chi connectivity index (χ1n) is 10.9. The lowest BCUT2D eigenvalue weighted by Gasteiger charge is -2.42. The van der Waals surface area contributed by atoms with Gasteiger partial charge in [0.05, 0.1) is 11.3 Å². The quantitative estimate of drug-likeness (QED) is 0.471. The van der Waals surface area contributed by atoms with Crippen LogP contribution in [0.25, 0.3) is 11.3 Å². The average molecular weight is 397 g/mol. The zero-order valence-electron chi connectivity index (χ0n) is 17.5. The first kappa shape index (κ1) is 19.8. The van der Waals surface area contributed by atoms with Crippen molar-refractivity contribution in [3.63, 3.8) is 0 Å². The number of hydrogen-bond acceptors (Lipinski definition) is 3. The highest BCUT2D eigenvalue weighted by Gasteiger charge is 2.43. The second kappa shape index (κ2) is 8.06. The van der Waals surface area contributed by atoms with E-state index in [1.165, 1.54) is 30.4 Å². The minimum Gasteiger partial charge on any atom is -0.287 e. The molecule has 1 fully saturated rings. The number of thioether (sulfide) groups is 1. The lowest BCUT2D eigenvalue weighted by Crippen LogP contribution is -2.43. The van der Waals surface area contributed by atoms with Gasteiger partial charge in [-0.3, -0.25) is 9.36 Å². The predicted octanol–water partition coefficient (Wildman–Crippen LogP) is 5.83. The summed E-state index contributed by atoms with van der Waals surface area (Å²) in [7, 11) is 0. The minimum atomic E-state index is -0.0152. The van der Waals surface area contributed by atoms with E-state index in [1.54, 1.807) is 11.8 Å². The van der Waals surface area contributed by atoms with E-state index in [2.05, 4.69) is 45.0 Å². The maximum absolute atomic E-state index is 13.9. The van der Waals surface area contributed by atoms with Crippen LogP contribution in [0, 0.1) is 5.92 Å². The molecular weight excluding hydrogens is 364 g/mol. The SMILES string of the molecule is CCCSc1nc2c(c(=O)n1CC(C)C)C1(CCCCC1)Cc1ccccc1-2. The molecular formula is C24H32N2OS. The van der Waals surface area contributed by atoms with Crippen molar-refractivity contribution in [1.82, 2.24) is 9.55 Å². The van der Waals surface area contributed by atoms with Crippen LogP contribution >= 0.6 is 11.8 Å². The Morgan fingerprint density at radius 1 is 1.18 bits per heavy atom. The first-order valence-corrected chi connectivity index (χ1v) is 11.9. The van der Waals surface area contributed by atoms with Crippen molar-refractivity contribution in [2.75, 3.05) is 5.75 Å². The van der Waals surface area contributed by atoms with Gasteiger partial charge in [-0.05, 0) is 37.2 Å². The number of benzene rings is 1. The number of fused-ring (bicyclic) bond motifs is 4. The van der Waals surface area contributed by atoms with Crippen molar-refractivity contribution in [2.45, 2.75) is 82.8 Å². The van der Waals surface area contributed by atoms with Crippen molar-refractivity contribution >= 4 is 11.8 Å². The molecule has 2 aromatic rings. The molecule has 0 unspecified atom stereocenters. The fourth-order valence-electron chi connectivity index (χ4n) is 5.05. The number of rotatable bonds is 5. The fraction of sp³-hybridized carbons (Fsp3) is 0.583. The standard InChI is InChI=1S/C24H32N2OS/c1-4-14-28-23-25-21-19-11-7-6-10-18(19)15-24(12-8-5-9-13-24)20(21)22(27)26(23)16-17(2)3/h6-7,10-11,17H,4-5,8-9,12-16H2,1-3H3. The third kappa shape index (κ3) is 3.45. The monoisotopic (exact) mass is 396 g/mol. The van der Waals surface area contributed by atoms with Gasteiger partial charge in [0.15, 0.2) is 5.16 Å². The third-order valence-electron chi connectivity index (χ3n) is 6.26. The third-order valence-corrected chi connectivity index (χ3v) is 7.44. The Balaban J connectivity index is 1.97. The largest absolute Gasteiger partial charge is 0.287 e. The Hall–Kier alpha value is -1.55. The molecule has 28 heavy (non-hydrogen) atoms. The topological polar surface area (TPSA) is 34.9 Å². The maximum atomic E-state index is 13.9. The first-order chi connectivity index (χ1) is 13.6. The predicted molar refractivity (Wildman–Crippen MR) is 118 cm³/mol. The fourth-order valence-corrected chi connectivity index (χ4v) is 5.91. The minimum absolute atomic E-state index is 0.0152. The van der Waals surface area contributed by atoms with Gasteiger partial charge in [-0.2, -0.15) is 0 Å². The highest BCUT2D eigenvalue weighted by molar-refractivity contribution is 7.99. The van der Waals surface area contributed by atoms with Gasteiger partial charge in [0.25, 0.3) is 5.56 Å². The van der Waals surface area contributed by atoms with Gasteiger partial charge in [0.1, 0.15) is 0 Å². The summed E-state index contributed by atoms with van der Waals surface area (Å²) < 4.78 is 1.99. The molecule has 0 amide bonds. The molecule has 2 aliphatic carbocycles. The molecule has 4 rings (SSSR count). The molecule has 0 N–H and O–H groups in total. The molecule has 150 valence electrons. The van der Waals surface area contributed by atoms with Gasteiger partial charge < -0.3 is 0 Å². The number of hydrogen-bond donors (Lipinski definition) is 0. The van der Waals surface area contributed by atoms with Crippen LogP contribution in [-0.2, 0) is 18.4 Å². The second-order valence-electron chi connectivity index (χ2n) is 8.95. The number of nitrogens with zero attached hydrogens (tertiary/aromatic N) is 2. The molecule has 4 heteroatoms. The summed E-state index contributed by atoms with van der Waals surface area (Å²) in [5.74, 6) is 1.42. The molecule has 1 aromatic carbocycles. The van der Waals surface area contributed by atoms with Crippen LogP contribution < -0.4 is 5.56 Å². The van der Waals surface area contributed by atoms with Crippen LogP contribution in [0.15, 0.2) is 34.2 Å². The summed E-state index contributed by atoms with van der Waals surface area (Å²) in [5, 5.41) is 0.905. The molecule has 0 atom stereocenters. The summed E-state index contributed by atoms with van der Waals surface area (Å²) in [6.45, 7) is 7.31. The Bertz CT molecular complexity index is 909. The Labute approximate surface area is 173 Å². The molecule has 0 radical (unpaired) electrons. The van der Waals surface area contributed by atoms with E-state index in [9.17, 15) is 4.79 Å². The molecule has 1 aromatic heterocycles. The van der Waals surface area contributed by atoms with Crippen molar-refractivity contribution in [2.24, 2.45) is 5.92 Å². The second-order valence-corrected chi connectivity index (χ2v) is 10.0. The lowest BCUT2D eigenvalue weighted by molar-refractivity contribution is 0.281. The zero-order valence-corrected chi connectivity index (χ0v) is 18.3. The highest BCUT2D eigenvalue weighted by atomic mass is 32.2. The van der Waals surface area contributed by atoms with E-state index < -0.39 is 0 Å². The Morgan fingerprint density at radius 2 is 1.93 bits per heavy atom. The summed E-state index contributed by atoms with van der Waals surface area (Å²) >= 11 is 1.74. The summed E-state index contributed by atoms with van der Waals surface area (Å²) in [6, 6.07) is 8.63. The molecule has 2 aliphatic rings. The molecule has 0 saturated heterocycles. The molecule has 1 heterocycles. The molecule has 1 saturated carbocycles. The van der Waals surface area contributed by atoms with Crippen molar-refractivity contribution < 1.29 is 0 Å². The normalized spacial score (nSPS) is 17.6. The van der Waals surface area contributed by atoms with E-state index in [0.717, 1.165) is 54.4 Å². The van der Waals surface area contributed by atoms with Gasteiger partial charge in [-0.1, -0.05) is 76.1 Å². The lowest BCUT2D eigenvalue weighted by atomic mass is 9.62. The van der Waals surface area contributed by atoms with Gasteiger partial charge in [0.2, 0.25) is 0 Å². The van der Waals surface area contributed by atoms with E-state index in [1.807, 2.05) is 4.57 Å². The summed E-state index contributed by atoms with van der Waals surface area (Å²) in [4.78, 5) is 19.1. The highest BCUT2D eigenvalue weighted by Crippen LogP contribution is 2.48. The Morgan fingerprint density at radius 3 is 2.64 bits per heavy atom. The van der Waals surface area contributed by atoms with Crippen LogP contribution in [-0.4, -0.2) is 15.3 Å². The van der Waals surface area contributed by atoms with Crippen LogP contribution in [0.3, 0.4) is 0 Å².